The molecule has 0 fully saturated rings. The number of hydrogen-bond acceptors (Lipinski definition) is 6. The van der Waals surface area contributed by atoms with E-state index in [1.807, 2.05) is 0 Å². The summed E-state index contributed by atoms with van der Waals surface area (Å²) in [7, 11) is -3.74. The van der Waals surface area contributed by atoms with Gasteiger partial charge in [-0.25, -0.2) is 0 Å². The topological polar surface area (TPSA) is 106 Å². The maximum absolute atomic E-state index is 12.2. The number of sulfonamides is 1. The van der Waals surface area contributed by atoms with Crippen molar-refractivity contribution < 1.29 is 22.7 Å². The first-order chi connectivity index (χ1) is 13.0. The van der Waals surface area contributed by atoms with Gasteiger partial charge in [0.25, 0.3) is 10.0 Å². The van der Waals surface area contributed by atoms with E-state index in [4.69, 9.17) is 9.47 Å². The van der Waals surface area contributed by atoms with Crippen LogP contribution in [0.15, 0.2) is 51.8 Å². The molecule has 4 rings (SSSR count). The molecule has 0 radical (unpaired) electrons. The first-order valence-electron chi connectivity index (χ1n) is 8.41. The monoisotopic (exact) mass is 387 g/mol. The van der Waals surface area contributed by atoms with E-state index in [9.17, 15) is 13.2 Å². The second-order valence-corrected chi connectivity index (χ2v) is 7.61. The molecule has 0 aromatic heterocycles. The van der Waals surface area contributed by atoms with Gasteiger partial charge in [-0.05, 0) is 24.3 Å². The van der Waals surface area contributed by atoms with Crippen LogP contribution in [0.1, 0.15) is 12.8 Å². The Bertz CT molecular complexity index is 1030. The highest BCUT2D eigenvalue weighted by Gasteiger charge is 2.24. The van der Waals surface area contributed by atoms with Crippen LogP contribution < -0.4 is 20.1 Å². The van der Waals surface area contributed by atoms with E-state index in [-0.39, 0.29) is 29.5 Å². The number of nitrogens with one attached hydrogen (secondary N) is 2. The van der Waals surface area contributed by atoms with Crippen molar-refractivity contribution >= 4 is 33.1 Å². The lowest BCUT2D eigenvalue weighted by Gasteiger charge is -2.19. The average molecular weight is 387 g/mol. The predicted molar refractivity (Wildman–Crippen MR) is 100.0 cm³/mol. The third kappa shape index (κ3) is 3.72. The Morgan fingerprint density at radius 1 is 1.11 bits per heavy atom. The molecule has 1 amide bonds. The van der Waals surface area contributed by atoms with Crippen LogP contribution in [-0.2, 0) is 14.8 Å². The largest absolute Gasteiger partial charge is 0.486 e. The molecule has 2 aromatic rings. The summed E-state index contributed by atoms with van der Waals surface area (Å²) >= 11 is 0. The zero-order valence-electron chi connectivity index (χ0n) is 14.3. The minimum Gasteiger partial charge on any atom is -0.486 e. The molecule has 0 atom stereocenters. The molecule has 2 N–H and O–H groups in total. The molecule has 0 aliphatic carbocycles. The van der Waals surface area contributed by atoms with E-state index in [0.29, 0.717) is 36.1 Å². The van der Waals surface area contributed by atoms with E-state index >= 15 is 0 Å². The van der Waals surface area contributed by atoms with Crippen LogP contribution in [-0.4, -0.2) is 33.4 Å². The summed E-state index contributed by atoms with van der Waals surface area (Å²) in [6, 6.07) is 11.7. The fraction of sp³-hybridized carbons (Fsp3) is 0.222. The summed E-state index contributed by atoms with van der Waals surface area (Å²) in [4.78, 5) is 12.3. The maximum Gasteiger partial charge on any atom is 0.286 e. The zero-order valence-corrected chi connectivity index (χ0v) is 15.1. The third-order valence-electron chi connectivity index (χ3n) is 4.09. The molecule has 0 bridgehead atoms. The minimum absolute atomic E-state index is 0.0813. The van der Waals surface area contributed by atoms with Crippen LogP contribution >= 0.6 is 0 Å². The van der Waals surface area contributed by atoms with Gasteiger partial charge >= 0.3 is 0 Å². The van der Waals surface area contributed by atoms with Crippen LogP contribution in [0.25, 0.3) is 0 Å². The molecule has 2 aromatic carbocycles. The Morgan fingerprint density at radius 2 is 1.89 bits per heavy atom. The first-order valence-corrected chi connectivity index (χ1v) is 9.85. The SMILES string of the molecule is O=C(CCC1=NS(=O)(=O)c2ccccc2N1)Nc1ccc2c(c1)OCCO2. The van der Waals surface area contributed by atoms with Crippen molar-refractivity contribution in [2.75, 3.05) is 23.8 Å². The van der Waals surface area contributed by atoms with Crippen molar-refractivity contribution in [2.24, 2.45) is 4.40 Å². The van der Waals surface area contributed by atoms with Crippen LogP contribution in [0, 0.1) is 0 Å². The second kappa shape index (κ2) is 6.92. The van der Waals surface area contributed by atoms with Gasteiger partial charge < -0.3 is 20.1 Å². The standard InChI is InChI=1S/C18H17N3O5S/c22-18(19-12-5-6-14-15(11-12)26-10-9-25-14)8-7-17-20-13-3-1-2-4-16(13)27(23,24)21-17/h1-6,11H,7-10H2,(H,19,22)(H,20,21). The number of hydrogen-bond donors (Lipinski definition) is 2. The molecule has 0 unspecified atom stereocenters. The molecule has 2 heterocycles. The van der Waals surface area contributed by atoms with Gasteiger partial charge in [-0.15, -0.1) is 4.40 Å². The second-order valence-electron chi connectivity index (χ2n) is 6.04. The first kappa shape index (κ1) is 17.3. The Morgan fingerprint density at radius 3 is 2.74 bits per heavy atom. The van der Waals surface area contributed by atoms with Crippen molar-refractivity contribution in [3.8, 4) is 11.5 Å². The van der Waals surface area contributed by atoms with E-state index in [1.165, 1.54) is 6.07 Å². The summed E-state index contributed by atoms with van der Waals surface area (Å²) in [5, 5.41) is 5.73. The smallest absolute Gasteiger partial charge is 0.286 e. The van der Waals surface area contributed by atoms with Crippen molar-refractivity contribution in [3.05, 3.63) is 42.5 Å². The van der Waals surface area contributed by atoms with Gasteiger partial charge in [0.15, 0.2) is 11.5 Å². The number of ether oxygens (including phenoxy) is 2. The van der Waals surface area contributed by atoms with Gasteiger partial charge in [0.2, 0.25) is 5.91 Å². The number of benzene rings is 2. The van der Waals surface area contributed by atoms with Gasteiger partial charge in [0.1, 0.15) is 23.9 Å². The Balaban J connectivity index is 1.39. The van der Waals surface area contributed by atoms with Crippen LogP contribution in [0.4, 0.5) is 11.4 Å². The molecule has 9 heteroatoms. The molecule has 140 valence electrons. The number of carbonyl (C=O) groups is 1. The van der Waals surface area contributed by atoms with Gasteiger partial charge in [-0.3, -0.25) is 4.79 Å². The van der Waals surface area contributed by atoms with Crippen LogP contribution in [0.3, 0.4) is 0 Å². The Hall–Kier alpha value is -3.07. The summed E-state index contributed by atoms with van der Waals surface area (Å²) in [5.41, 5.74) is 1.05. The molecule has 0 saturated heterocycles. The summed E-state index contributed by atoms with van der Waals surface area (Å²) in [5.74, 6) is 1.21. The highest BCUT2D eigenvalue weighted by Crippen LogP contribution is 2.32. The normalized spacial score (nSPS) is 16.5. The van der Waals surface area contributed by atoms with Gasteiger partial charge in [-0.1, -0.05) is 12.1 Å². The van der Waals surface area contributed by atoms with Gasteiger partial charge in [0, 0.05) is 24.6 Å². The lowest BCUT2D eigenvalue weighted by Crippen LogP contribution is -2.23. The Kier molecular flexibility index (Phi) is 4.44. The number of rotatable bonds is 4. The highest BCUT2D eigenvalue weighted by atomic mass is 32.2. The molecule has 2 aliphatic rings. The molecule has 2 aliphatic heterocycles. The maximum atomic E-state index is 12.2. The van der Waals surface area contributed by atoms with Crippen molar-refractivity contribution in [2.45, 2.75) is 17.7 Å². The molecule has 0 saturated carbocycles. The van der Waals surface area contributed by atoms with E-state index in [2.05, 4.69) is 15.0 Å². The number of nitrogens with zero attached hydrogens (tertiary/aromatic N) is 1. The highest BCUT2D eigenvalue weighted by molar-refractivity contribution is 7.90. The fourth-order valence-electron chi connectivity index (χ4n) is 2.85. The third-order valence-corrected chi connectivity index (χ3v) is 5.46. The van der Waals surface area contributed by atoms with Crippen LogP contribution in [0.5, 0.6) is 11.5 Å². The summed E-state index contributed by atoms with van der Waals surface area (Å²) in [6.45, 7) is 0.964. The zero-order chi connectivity index (χ0) is 18.9. The summed E-state index contributed by atoms with van der Waals surface area (Å²) in [6.07, 6.45) is 0.252. The van der Waals surface area contributed by atoms with Gasteiger partial charge in [0.05, 0.1) is 5.69 Å². The minimum atomic E-state index is -3.74. The number of anilines is 2. The van der Waals surface area contributed by atoms with Gasteiger partial charge in [-0.2, -0.15) is 8.42 Å². The van der Waals surface area contributed by atoms with E-state index < -0.39 is 10.0 Å². The quantitative estimate of drug-likeness (QED) is 0.834. The number of amidine groups is 1. The number of fused-ring (bicyclic) bond motifs is 2. The number of para-hydroxylation sites is 1. The fourth-order valence-corrected chi connectivity index (χ4v) is 4.02. The predicted octanol–water partition coefficient (Wildman–Crippen LogP) is 2.39. The lowest BCUT2D eigenvalue weighted by molar-refractivity contribution is -0.116. The lowest BCUT2D eigenvalue weighted by atomic mass is 10.2. The number of amides is 1. The Labute approximate surface area is 156 Å². The van der Waals surface area contributed by atoms with E-state index in [0.717, 1.165) is 0 Å². The van der Waals surface area contributed by atoms with Crippen LogP contribution in [0.2, 0.25) is 0 Å². The van der Waals surface area contributed by atoms with Crippen molar-refractivity contribution in [1.29, 1.82) is 0 Å². The molecular weight excluding hydrogens is 370 g/mol. The number of carbonyl (C=O) groups excluding carboxylic acids is 1. The molecule has 27 heavy (non-hydrogen) atoms. The molecule has 0 spiro atoms. The average Bonchev–Trinajstić information content (AvgIpc) is 2.66. The van der Waals surface area contributed by atoms with E-state index in [1.54, 1.807) is 36.4 Å². The molecule has 8 nitrogen and oxygen atoms in total. The molecular formula is C18H17N3O5S. The van der Waals surface area contributed by atoms with Crippen molar-refractivity contribution in [1.82, 2.24) is 0 Å². The summed E-state index contributed by atoms with van der Waals surface area (Å²) < 4.78 is 39.1. The van der Waals surface area contributed by atoms with Crippen molar-refractivity contribution in [3.63, 3.8) is 0 Å².